The topological polar surface area (TPSA) is 35.5 Å². The summed E-state index contributed by atoms with van der Waals surface area (Å²) in [6.45, 7) is 15.1. The van der Waals surface area contributed by atoms with Gasteiger partial charge in [-0.3, -0.25) is 4.90 Å². The van der Waals surface area contributed by atoms with Crippen molar-refractivity contribution in [2.24, 2.45) is 17.8 Å². The van der Waals surface area contributed by atoms with Crippen LogP contribution in [0.5, 0.6) is 0 Å². The minimum absolute atomic E-state index is 0.215. The molecular weight excluding hydrogens is 212 g/mol. The highest BCUT2D eigenvalue weighted by Gasteiger charge is 2.50. The molecule has 0 amide bonds. The fourth-order valence-electron chi connectivity index (χ4n) is 3.34. The molecule has 0 spiro atoms. The second kappa shape index (κ2) is 4.22. The molecule has 0 aromatic rings. The Morgan fingerprint density at radius 1 is 1.41 bits per heavy atom. The van der Waals surface area contributed by atoms with Crippen LogP contribution in [-0.2, 0) is 0 Å². The smallest absolute Gasteiger partial charge is 0.0769 e. The van der Waals surface area contributed by atoms with Crippen molar-refractivity contribution in [3.8, 4) is 0 Å². The summed E-state index contributed by atoms with van der Waals surface area (Å²) in [6.07, 6.45) is 0. The number of β-amino-alcohol motifs (C(OH)–C–C–N with tert-alkyl or cyclic N) is 1. The standard InChI is InChI=1S/C14H28N2O/c1-10(2)14(5,17)9-16-8-11-6-15-7-12(11)13(16,3)4/h10-12,15,17H,6-9H2,1-5H3. The summed E-state index contributed by atoms with van der Waals surface area (Å²) < 4.78 is 0. The largest absolute Gasteiger partial charge is 0.389 e. The zero-order valence-corrected chi connectivity index (χ0v) is 12.0. The maximum absolute atomic E-state index is 10.5. The van der Waals surface area contributed by atoms with Crippen molar-refractivity contribution in [1.82, 2.24) is 10.2 Å². The molecule has 0 aliphatic carbocycles. The van der Waals surface area contributed by atoms with Crippen LogP contribution in [0.25, 0.3) is 0 Å². The van der Waals surface area contributed by atoms with Crippen LogP contribution < -0.4 is 5.32 Å². The van der Waals surface area contributed by atoms with Crippen molar-refractivity contribution in [3.05, 3.63) is 0 Å². The third-order valence-corrected chi connectivity index (χ3v) is 5.27. The van der Waals surface area contributed by atoms with Crippen molar-refractivity contribution in [1.29, 1.82) is 0 Å². The van der Waals surface area contributed by atoms with Crippen LogP contribution in [0, 0.1) is 17.8 Å². The highest BCUT2D eigenvalue weighted by Crippen LogP contribution is 2.41. The summed E-state index contributed by atoms with van der Waals surface area (Å²) in [7, 11) is 0. The van der Waals surface area contributed by atoms with Crippen LogP contribution in [0.4, 0.5) is 0 Å². The number of fused-ring (bicyclic) bond motifs is 1. The second-order valence-corrected chi connectivity index (χ2v) is 7.07. The van der Waals surface area contributed by atoms with Gasteiger partial charge < -0.3 is 10.4 Å². The Bertz CT molecular complexity index is 286. The summed E-state index contributed by atoms with van der Waals surface area (Å²) in [5.74, 6) is 1.82. The first-order chi connectivity index (χ1) is 7.75. The molecule has 0 saturated carbocycles. The quantitative estimate of drug-likeness (QED) is 0.781. The van der Waals surface area contributed by atoms with Gasteiger partial charge in [0, 0.05) is 25.2 Å². The molecule has 3 heteroatoms. The zero-order chi connectivity index (χ0) is 12.8. The van der Waals surface area contributed by atoms with Gasteiger partial charge >= 0.3 is 0 Å². The van der Waals surface area contributed by atoms with E-state index < -0.39 is 5.60 Å². The van der Waals surface area contributed by atoms with E-state index in [1.807, 2.05) is 6.92 Å². The molecule has 2 aliphatic heterocycles. The molecule has 100 valence electrons. The first-order valence-corrected chi connectivity index (χ1v) is 6.93. The number of nitrogens with one attached hydrogen (secondary N) is 1. The van der Waals surface area contributed by atoms with Crippen molar-refractivity contribution in [3.63, 3.8) is 0 Å². The molecule has 2 fully saturated rings. The predicted octanol–water partition coefficient (Wildman–Crippen LogP) is 1.32. The molecule has 2 saturated heterocycles. The highest BCUT2D eigenvalue weighted by molar-refractivity contribution is 5.05. The van der Waals surface area contributed by atoms with Gasteiger partial charge in [0.15, 0.2) is 0 Å². The molecule has 3 unspecified atom stereocenters. The Kier molecular flexibility index (Phi) is 3.30. The van der Waals surface area contributed by atoms with Gasteiger partial charge in [0.25, 0.3) is 0 Å². The molecule has 2 N–H and O–H groups in total. The number of hydrogen-bond donors (Lipinski definition) is 2. The van der Waals surface area contributed by atoms with Crippen LogP contribution in [0.2, 0.25) is 0 Å². The normalized spacial score (nSPS) is 36.2. The van der Waals surface area contributed by atoms with Crippen molar-refractivity contribution in [2.45, 2.75) is 45.8 Å². The van der Waals surface area contributed by atoms with E-state index >= 15 is 0 Å². The molecule has 2 heterocycles. The van der Waals surface area contributed by atoms with E-state index in [0.29, 0.717) is 5.92 Å². The number of aliphatic hydroxyl groups is 1. The zero-order valence-electron chi connectivity index (χ0n) is 12.0. The van der Waals surface area contributed by atoms with E-state index in [1.165, 1.54) is 0 Å². The first-order valence-electron chi connectivity index (χ1n) is 6.93. The molecule has 17 heavy (non-hydrogen) atoms. The molecule has 2 rings (SSSR count). The van der Waals surface area contributed by atoms with E-state index in [2.05, 4.69) is 37.9 Å². The lowest BCUT2D eigenvalue weighted by Gasteiger charge is -2.41. The Balaban J connectivity index is 2.08. The Hall–Kier alpha value is -0.120. The summed E-state index contributed by atoms with van der Waals surface area (Å²) in [4.78, 5) is 2.50. The van der Waals surface area contributed by atoms with Crippen molar-refractivity contribution < 1.29 is 5.11 Å². The highest BCUT2D eigenvalue weighted by atomic mass is 16.3. The average Bonchev–Trinajstić information content (AvgIpc) is 2.71. The van der Waals surface area contributed by atoms with E-state index in [1.54, 1.807) is 0 Å². The Morgan fingerprint density at radius 3 is 2.59 bits per heavy atom. The van der Waals surface area contributed by atoms with E-state index in [9.17, 15) is 5.11 Å². The van der Waals surface area contributed by atoms with Gasteiger partial charge in [-0.15, -0.1) is 0 Å². The van der Waals surface area contributed by atoms with Gasteiger partial charge in [-0.1, -0.05) is 13.8 Å². The molecule has 0 aromatic carbocycles. The summed E-state index contributed by atoms with van der Waals surface area (Å²) in [6, 6.07) is 0. The maximum Gasteiger partial charge on any atom is 0.0769 e. The van der Waals surface area contributed by atoms with E-state index in [-0.39, 0.29) is 5.54 Å². The summed E-state index contributed by atoms with van der Waals surface area (Å²) in [5, 5.41) is 14.0. The number of nitrogens with zero attached hydrogens (tertiary/aromatic N) is 1. The fourth-order valence-corrected chi connectivity index (χ4v) is 3.34. The number of rotatable bonds is 3. The van der Waals surface area contributed by atoms with Crippen LogP contribution >= 0.6 is 0 Å². The maximum atomic E-state index is 10.5. The molecule has 2 aliphatic rings. The third-order valence-electron chi connectivity index (χ3n) is 5.27. The second-order valence-electron chi connectivity index (χ2n) is 7.07. The van der Waals surface area contributed by atoms with Gasteiger partial charge in [-0.2, -0.15) is 0 Å². The lowest BCUT2D eigenvalue weighted by Crippen LogP contribution is -2.52. The minimum atomic E-state index is -0.580. The number of hydrogen-bond acceptors (Lipinski definition) is 3. The minimum Gasteiger partial charge on any atom is -0.389 e. The van der Waals surface area contributed by atoms with Gasteiger partial charge in [0.2, 0.25) is 0 Å². The predicted molar refractivity (Wildman–Crippen MR) is 71.0 cm³/mol. The summed E-state index contributed by atoms with van der Waals surface area (Å²) in [5.41, 5.74) is -0.365. The lowest BCUT2D eigenvalue weighted by molar-refractivity contribution is -0.0371. The van der Waals surface area contributed by atoms with Crippen LogP contribution in [0.3, 0.4) is 0 Å². The van der Waals surface area contributed by atoms with E-state index in [0.717, 1.165) is 38.0 Å². The van der Waals surface area contributed by atoms with Gasteiger partial charge in [-0.05, 0) is 45.1 Å². The molecule has 3 nitrogen and oxygen atoms in total. The van der Waals surface area contributed by atoms with Gasteiger partial charge in [-0.25, -0.2) is 0 Å². The molecule has 3 atom stereocenters. The molecular formula is C14H28N2O. The Labute approximate surface area is 106 Å². The average molecular weight is 240 g/mol. The summed E-state index contributed by atoms with van der Waals surface area (Å²) >= 11 is 0. The van der Waals surface area contributed by atoms with Crippen molar-refractivity contribution >= 4 is 0 Å². The molecule has 0 radical (unpaired) electrons. The van der Waals surface area contributed by atoms with Crippen molar-refractivity contribution in [2.75, 3.05) is 26.2 Å². The third kappa shape index (κ3) is 2.25. The molecule has 0 aromatic heterocycles. The SMILES string of the molecule is CC(C)C(C)(O)CN1CC2CNCC2C1(C)C. The number of likely N-dealkylation sites (tertiary alicyclic amines) is 1. The monoisotopic (exact) mass is 240 g/mol. The van der Waals surface area contributed by atoms with Gasteiger partial charge in [0.1, 0.15) is 0 Å². The molecule has 0 bridgehead atoms. The van der Waals surface area contributed by atoms with Crippen LogP contribution in [0.1, 0.15) is 34.6 Å². The Morgan fingerprint density at radius 2 is 2.06 bits per heavy atom. The first kappa shape index (κ1) is 13.3. The van der Waals surface area contributed by atoms with Crippen LogP contribution in [-0.4, -0.2) is 47.3 Å². The fraction of sp³-hybridized carbons (Fsp3) is 1.00. The van der Waals surface area contributed by atoms with Gasteiger partial charge in [0.05, 0.1) is 5.60 Å². The van der Waals surface area contributed by atoms with E-state index in [4.69, 9.17) is 0 Å². The lowest BCUT2D eigenvalue weighted by atomic mass is 9.84. The van der Waals surface area contributed by atoms with Crippen LogP contribution in [0.15, 0.2) is 0 Å².